The van der Waals surface area contributed by atoms with Crippen molar-refractivity contribution in [2.45, 2.75) is 43.3 Å². The molecular weight excluding hydrogens is 406 g/mol. The van der Waals surface area contributed by atoms with Gasteiger partial charge in [0.05, 0.1) is 29.3 Å². The number of carboxylic acid groups (broad SMARTS) is 1. The molecule has 170 valence electrons. The third kappa shape index (κ3) is 3.57. The number of fused-ring (bicyclic) bond motifs is 2. The predicted octanol–water partition coefficient (Wildman–Crippen LogP) is 2.99. The quantitative estimate of drug-likeness (QED) is 0.741. The summed E-state index contributed by atoms with van der Waals surface area (Å²) < 4.78 is 6.54. The average Bonchev–Trinajstić information content (AvgIpc) is 3.36. The highest BCUT2D eigenvalue weighted by molar-refractivity contribution is 6.06. The highest BCUT2D eigenvalue weighted by Gasteiger charge is 2.63. The fourth-order valence-corrected chi connectivity index (χ4v) is 6.14. The summed E-state index contributed by atoms with van der Waals surface area (Å²) in [7, 11) is 4.28. The molecule has 7 heteroatoms. The van der Waals surface area contributed by atoms with E-state index in [1.165, 1.54) is 12.8 Å². The lowest BCUT2D eigenvalue weighted by Gasteiger charge is -2.30. The Labute approximate surface area is 188 Å². The van der Waals surface area contributed by atoms with Crippen LogP contribution in [0.15, 0.2) is 30.3 Å². The van der Waals surface area contributed by atoms with Gasteiger partial charge in [-0.1, -0.05) is 18.2 Å². The fourth-order valence-electron chi connectivity index (χ4n) is 6.14. The van der Waals surface area contributed by atoms with Crippen LogP contribution in [-0.4, -0.2) is 77.7 Å². The lowest BCUT2D eigenvalue weighted by molar-refractivity contribution is -0.122. The molecule has 1 saturated carbocycles. The molecule has 0 unspecified atom stereocenters. The van der Waals surface area contributed by atoms with Crippen LogP contribution in [-0.2, 0) is 9.53 Å². The van der Waals surface area contributed by atoms with Gasteiger partial charge in [0.2, 0.25) is 0 Å². The van der Waals surface area contributed by atoms with Crippen molar-refractivity contribution in [3.05, 3.63) is 41.6 Å². The van der Waals surface area contributed by atoms with Gasteiger partial charge in [0.25, 0.3) is 12.4 Å². The van der Waals surface area contributed by atoms with E-state index in [4.69, 9.17) is 19.6 Å². The third-order valence-electron chi connectivity index (χ3n) is 7.61. The van der Waals surface area contributed by atoms with E-state index in [9.17, 15) is 4.79 Å². The Morgan fingerprint density at radius 2 is 2.06 bits per heavy atom. The van der Waals surface area contributed by atoms with E-state index < -0.39 is 0 Å². The molecule has 0 radical (unpaired) electrons. The van der Waals surface area contributed by atoms with E-state index in [1.807, 2.05) is 24.3 Å². The highest BCUT2D eigenvalue weighted by atomic mass is 16.5. The number of amides is 1. The number of hydrogen-bond acceptors (Lipinski definition) is 5. The summed E-state index contributed by atoms with van der Waals surface area (Å²) in [4.78, 5) is 31.3. The lowest BCUT2D eigenvalue weighted by Crippen LogP contribution is -2.40. The van der Waals surface area contributed by atoms with Crippen molar-refractivity contribution in [3.63, 3.8) is 0 Å². The lowest BCUT2D eigenvalue weighted by atomic mass is 9.73. The first kappa shape index (κ1) is 21.3. The van der Waals surface area contributed by atoms with Crippen molar-refractivity contribution in [1.29, 1.82) is 0 Å². The van der Waals surface area contributed by atoms with Gasteiger partial charge in [-0.25, -0.2) is 0 Å². The van der Waals surface area contributed by atoms with Crippen LogP contribution in [0.4, 0.5) is 0 Å². The van der Waals surface area contributed by atoms with Crippen molar-refractivity contribution >= 4 is 23.3 Å². The SMILES string of the molecule is CN(C)C[C@H]1[C@H]2CN(C(=O)c3cc(C4CC4)nc4ccccc34)C[C@]23CC[C@H]1O3.O=CO. The first-order chi connectivity index (χ1) is 15.5. The largest absolute Gasteiger partial charge is 0.483 e. The number of carbonyl (C=O) groups is 2. The van der Waals surface area contributed by atoms with E-state index in [2.05, 4.69) is 30.0 Å². The Morgan fingerprint density at radius 3 is 2.78 bits per heavy atom. The van der Waals surface area contributed by atoms with E-state index in [1.54, 1.807) is 0 Å². The van der Waals surface area contributed by atoms with Gasteiger partial charge >= 0.3 is 0 Å². The second-order valence-corrected chi connectivity index (χ2v) is 9.97. The Kier molecular flexibility index (Phi) is 5.42. The highest BCUT2D eigenvalue weighted by Crippen LogP contribution is 2.55. The van der Waals surface area contributed by atoms with Gasteiger partial charge in [-0.2, -0.15) is 0 Å². The van der Waals surface area contributed by atoms with Gasteiger partial charge < -0.3 is 19.6 Å². The van der Waals surface area contributed by atoms with Gasteiger partial charge in [0.1, 0.15) is 0 Å². The number of pyridine rings is 1. The van der Waals surface area contributed by atoms with Crippen LogP contribution in [0.1, 0.15) is 47.7 Å². The molecule has 4 fully saturated rings. The Balaban J connectivity index is 0.000000684. The molecule has 2 aromatic rings. The van der Waals surface area contributed by atoms with Gasteiger partial charge in [-0.05, 0) is 51.9 Å². The molecule has 3 aliphatic heterocycles. The number of rotatable bonds is 4. The summed E-state index contributed by atoms with van der Waals surface area (Å²) in [6.45, 7) is 2.36. The monoisotopic (exact) mass is 437 g/mol. The number of benzene rings is 1. The summed E-state index contributed by atoms with van der Waals surface area (Å²) in [5.41, 5.74) is 2.75. The Bertz CT molecular complexity index is 1040. The van der Waals surface area contributed by atoms with E-state index in [-0.39, 0.29) is 18.0 Å². The zero-order valence-corrected chi connectivity index (χ0v) is 18.7. The maximum atomic E-state index is 13.7. The molecule has 4 aliphatic rings. The van der Waals surface area contributed by atoms with Gasteiger partial charge in [0.15, 0.2) is 0 Å². The predicted molar refractivity (Wildman–Crippen MR) is 121 cm³/mol. The molecule has 1 aliphatic carbocycles. The summed E-state index contributed by atoms with van der Waals surface area (Å²) in [5.74, 6) is 1.69. The maximum Gasteiger partial charge on any atom is 0.290 e. The van der Waals surface area contributed by atoms with Gasteiger partial charge in [-0.3, -0.25) is 14.6 Å². The van der Waals surface area contributed by atoms with E-state index in [0.717, 1.165) is 54.6 Å². The van der Waals surface area contributed by atoms with Crippen molar-refractivity contribution in [2.75, 3.05) is 33.7 Å². The average molecular weight is 438 g/mol. The molecule has 1 aromatic carbocycles. The van der Waals surface area contributed by atoms with Crippen LogP contribution in [0.2, 0.25) is 0 Å². The second-order valence-electron chi connectivity index (χ2n) is 9.97. The van der Waals surface area contributed by atoms with Crippen LogP contribution in [0.3, 0.4) is 0 Å². The van der Waals surface area contributed by atoms with E-state index >= 15 is 0 Å². The van der Waals surface area contributed by atoms with Crippen LogP contribution < -0.4 is 0 Å². The van der Waals surface area contributed by atoms with Gasteiger partial charge in [0, 0.05) is 41.9 Å². The standard InChI is InChI=1S/C24H29N3O2.CH2O2/c1-26(2)12-18-19-13-27(14-24(19)10-9-22(18)29-24)23(28)17-11-21(15-7-8-15)25-20-6-4-3-5-16(17)20;2-1-3/h3-6,11,15,18-19,22H,7-10,12-14H2,1-2H3;1H,(H,2,3)/t18-,19+,22+,24+;/m0./s1. The second kappa shape index (κ2) is 8.12. The summed E-state index contributed by atoms with van der Waals surface area (Å²) in [6, 6.07) is 10.2. The Morgan fingerprint density at radius 1 is 1.31 bits per heavy atom. The number of hydrogen-bond donors (Lipinski definition) is 1. The topological polar surface area (TPSA) is 83.0 Å². The molecule has 1 spiro atoms. The number of likely N-dealkylation sites (tertiary alicyclic amines) is 1. The number of carbonyl (C=O) groups excluding carboxylic acids is 1. The molecule has 7 nitrogen and oxygen atoms in total. The first-order valence-electron chi connectivity index (χ1n) is 11.5. The Hall–Kier alpha value is -2.51. The minimum atomic E-state index is -0.250. The number of para-hydroxylation sites is 1. The minimum absolute atomic E-state index is 0.108. The van der Waals surface area contributed by atoms with Crippen molar-refractivity contribution in [2.24, 2.45) is 11.8 Å². The molecular formula is C25H31N3O4. The smallest absolute Gasteiger partial charge is 0.290 e. The number of ether oxygens (including phenoxy) is 1. The van der Waals surface area contributed by atoms with Crippen LogP contribution in [0, 0.1) is 11.8 Å². The summed E-state index contributed by atoms with van der Waals surface area (Å²) in [5, 5.41) is 7.87. The van der Waals surface area contributed by atoms with Crippen LogP contribution >= 0.6 is 0 Å². The molecule has 1 amide bonds. The summed E-state index contributed by atoms with van der Waals surface area (Å²) in [6.07, 6.45) is 4.99. The molecule has 6 rings (SSSR count). The van der Waals surface area contributed by atoms with Crippen molar-refractivity contribution < 1.29 is 19.4 Å². The van der Waals surface area contributed by atoms with Crippen molar-refractivity contribution in [1.82, 2.24) is 14.8 Å². The molecule has 3 saturated heterocycles. The van der Waals surface area contributed by atoms with Crippen LogP contribution in [0.25, 0.3) is 10.9 Å². The van der Waals surface area contributed by atoms with Crippen molar-refractivity contribution in [3.8, 4) is 0 Å². The zero-order valence-electron chi connectivity index (χ0n) is 18.7. The number of aromatic nitrogens is 1. The number of nitrogens with zero attached hydrogens (tertiary/aromatic N) is 3. The first-order valence-corrected chi connectivity index (χ1v) is 11.5. The molecule has 1 aromatic heterocycles. The minimum Gasteiger partial charge on any atom is -0.483 e. The van der Waals surface area contributed by atoms with Crippen LogP contribution in [0.5, 0.6) is 0 Å². The zero-order chi connectivity index (χ0) is 22.5. The molecule has 32 heavy (non-hydrogen) atoms. The normalized spacial score (nSPS) is 30.3. The maximum absolute atomic E-state index is 13.7. The molecule has 1 N–H and O–H groups in total. The van der Waals surface area contributed by atoms with E-state index in [0.29, 0.717) is 23.9 Å². The fraction of sp³-hybridized carbons (Fsp3) is 0.560. The molecule has 4 heterocycles. The molecule has 4 atom stereocenters. The van der Waals surface area contributed by atoms with Gasteiger partial charge in [-0.15, -0.1) is 0 Å². The third-order valence-corrected chi connectivity index (χ3v) is 7.61. The summed E-state index contributed by atoms with van der Waals surface area (Å²) >= 11 is 0. The molecule has 2 bridgehead atoms.